The Labute approximate surface area is 101 Å². The zero-order chi connectivity index (χ0) is 12.3. The van der Waals surface area contributed by atoms with Gasteiger partial charge in [-0.15, -0.1) is 0 Å². The first-order valence-electron chi connectivity index (χ1n) is 6.10. The molecule has 5 nitrogen and oxygen atoms in total. The Morgan fingerprint density at radius 2 is 2.47 bits per heavy atom. The van der Waals surface area contributed by atoms with Gasteiger partial charge >= 0.3 is 0 Å². The smallest absolute Gasteiger partial charge is 0.269 e. The lowest BCUT2D eigenvalue weighted by Crippen LogP contribution is -2.52. The average molecular weight is 236 g/mol. The highest BCUT2D eigenvalue weighted by Crippen LogP contribution is 2.29. The number of aromatic amines is 1. The van der Waals surface area contributed by atoms with Crippen molar-refractivity contribution < 1.29 is 4.79 Å². The summed E-state index contributed by atoms with van der Waals surface area (Å²) in [7, 11) is 0. The molecule has 1 aliphatic heterocycles. The predicted octanol–water partition coefficient (Wildman–Crippen LogP) is 0.918. The number of carbonyl (C=O) groups is 1. The minimum absolute atomic E-state index is 0.0920. The molecule has 94 valence electrons. The highest BCUT2D eigenvalue weighted by atomic mass is 16.1. The van der Waals surface area contributed by atoms with E-state index in [0.29, 0.717) is 18.3 Å². The molecular weight excluding hydrogens is 216 g/mol. The lowest BCUT2D eigenvalue weighted by atomic mass is 9.77. The molecule has 5 heteroatoms. The highest BCUT2D eigenvalue weighted by molar-refractivity contribution is 5.92. The van der Waals surface area contributed by atoms with Crippen LogP contribution in [0.5, 0.6) is 0 Å². The molecule has 1 aromatic rings. The molecule has 1 aliphatic rings. The van der Waals surface area contributed by atoms with Gasteiger partial charge in [0.1, 0.15) is 5.69 Å². The second-order valence-corrected chi connectivity index (χ2v) is 5.28. The Kier molecular flexibility index (Phi) is 3.47. The Hall–Kier alpha value is -1.36. The molecule has 17 heavy (non-hydrogen) atoms. The first-order chi connectivity index (χ1) is 8.09. The summed E-state index contributed by atoms with van der Waals surface area (Å²) >= 11 is 0. The molecule has 0 aliphatic carbocycles. The topological polar surface area (TPSA) is 69.8 Å². The van der Waals surface area contributed by atoms with Crippen molar-refractivity contribution in [1.29, 1.82) is 0 Å². The van der Waals surface area contributed by atoms with E-state index in [1.54, 1.807) is 12.3 Å². The van der Waals surface area contributed by atoms with Crippen LogP contribution in [0, 0.1) is 5.41 Å². The number of H-pyrrole nitrogens is 1. The van der Waals surface area contributed by atoms with Gasteiger partial charge in [-0.3, -0.25) is 9.89 Å². The van der Waals surface area contributed by atoms with Gasteiger partial charge in [-0.2, -0.15) is 5.10 Å². The van der Waals surface area contributed by atoms with Crippen LogP contribution in [0.4, 0.5) is 0 Å². The van der Waals surface area contributed by atoms with Gasteiger partial charge in [-0.05, 0) is 30.9 Å². The van der Waals surface area contributed by atoms with E-state index < -0.39 is 0 Å². The molecule has 0 aromatic carbocycles. The van der Waals surface area contributed by atoms with Crippen LogP contribution in [0.15, 0.2) is 12.3 Å². The van der Waals surface area contributed by atoms with Crippen LogP contribution in [0.2, 0.25) is 0 Å². The van der Waals surface area contributed by atoms with Crippen molar-refractivity contribution in [3.63, 3.8) is 0 Å². The fraction of sp³-hybridized carbons (Fsp3) is 0.667. The van der Waals surface area contributed by atoms with Gasteiger partial charge in [0.25, 0.3) is 5.91 Å². The van der Waals surface area contributed by atoms with Crippen LogP contribution in [-0.2, 0) is 0 Å². The lowest BCUT2D eigenvalue weighted by molar-refractivity contribution is 0.0924. The molecule has 1 amide bonds. The van der Waals surface area contributed by atoms with Crippen molar-refractivity contribution in [2.75, 3.05) is 13.1 Å². The number of aromatic nitrogens is 2. The van der Waals surface area contributed by atoms with Crippen molar-refractivity contribution in [3.8, 4) is 0 Å². The molecule has 1 atom stereocenters. The zero-order valence-electron chi connectivity index (χ0n) is 10.4. The van der Waals surface area contributed by atoms with Crippen LogP contribution < -0.4 is 10.6 Å². The van der Waals surface area contributed by atoms with Gasteiger partial charge in [0, 0.05) is 18.8 Å². The van der Waals surface area contributed by atoms with E-state index in [1.807, 2.05) is 0 Å². The Balaban J connectivity index is 1.87. The van der Waals surface area contributed by atoms with Gasteiger partial charge in [0.2, 0.25) is 0 Å². The first kappa shape index (κ1) is 12.1. The molecule has 1 saturated heterocycles. The van der Waals surface area contributed by atoms with Crippen LogP contribution >= 0.6 is 0 Å². The summed E-state index contributed by atoms with van der Waals surface area (Å²) < 4.78 is 0. The van der Waals surface area contributed by atoms with E-state index in [-0.39, 0.29) is 11.3 Å². The third kappa shape index (κ3) is 2.85. The molecule has 0 saturated carbocycles. The SMILES string of the molecule is CC1(C)CCCNC1CNC(=O)c1ccn[nH]1. The minimum Gasteiger partial charge on any atom is -0.349 e. The number of piperidine rings is 1. The molecule has 0 bridgehead atoms. The first-order valence-corrected chi connectivity index (χ1v) is 6.10. The maximum Gasteiger partial charge on any atom is 0.269 e. The zero-order valence-corrected chi connectivity index (χ0v) is 10.4. The summed E-state index contributed by atoms with van der Waals surface area (Å²) in [6.45, 7) is 6.18. The van der Waals surface area contributed by atoms with E-state index >= 15 is 0 Å². The maximum atomic E-state index is 11.7. The quantitative estimate of drug-likeness (QED) is 0.731. The second kappa shape index (κ2) is 4.87. The van der Waals surface area contributed by atoms with Crippen LogP contribution in [-0.4, -0.2) is 35.2 Å². The molecule has 1 unspecified atom stereocenters. The van der Waals surface area contributed by atoms with Crippen LogP contribution in [0.25, 0.3) is 0 Å². The normalized spacial score (nSPS) is 23.3. The van der Waals surface area contributed by atoms with E-state index in [2.05, 4.69) is 34.7 Å². The van der Waals surface area contributed by atoms with Gasteiger partial charge in [0.15, 0.2) is 0 Å². The minimum atomic E-state index is -0.0920. The second-order valence-electron chi connectivity index (χ2n) is 5.28. The Morgan fingerprint density at radius 1 is 1.65 bits per heavy atom. The summed E-state index contributed by atoms with van der Waals surface area (Å²) in [6.07, 6.45) is 3.99. The summed E-state index contributed by atoms with van der Waals surface area (Å²) in [6, 6.07) is 2.01. The molecule has 1 aromatic heterocycles. The van der Waals surface area contributed by atoms with E-state index in [0.717, 1.165) is 6.54 Å². The van der Waals surface area contributed by atoms with Crippen molar-refractivity contribution in [3.05, 3.63) is 18.0 Å². The summed E-state index contributed by atoms with van der Waals surface area (Å²) in [5, 5.41) is 12.8. The number of rotatable bonds is 3. The maximum absolute atomic E-state index is 11.7. The number of carbonyl (C=O) groups excluding carboxylic acids is 1. The van der Waals surface area contributed by atoms with Gasteiger partial charge in [-0.1, -0.05) is 13.8 Å². The third-order valence-electron chi connectivity index (χ3n) is 3.54. The number of hydrogen-bond donors (Lipinski definition) is 3. The van der Waals surface area contributed by atoms with Crippen LogP contribution in [0.3, 0.4) is 0 Å². The molecular formula is C12H20N4O. The average Bonchev–Trinajstić information content (AvgIpc) is 2.80. The summed E-state index contributed by atoms with van der Waals surface area (Å²) in [5.41, 5.74) is 0.748. The van der Waals surface area contributed by atoms with Crippen molar-refractivity contribution in [2.24, 2.45) is 5.41 Å². The fourth-order valence-corrected chi connectivity index (χ4v) is 2.29. The molecule has 0 radical (unpaired) electrons. The third-order valence-corrected chi connectivity index (χ3v) is 3.54. The van der Waals surface area contributed by atoms with Gasteiger partial charge < -0.3 is 10.6 Å². The molecule has 2 rings (SSSR count). The predicted molar refractivity (Wildman–Crippen MR) is 65.7 cm³/mol. The fourth-order valence-electron chi connectivity index (χ4n) is 2.29. The Morgan fingerprint density at radius 3 is 3.12 bits per heavy atom. The van der Waals surface area contributed by atoms with E-state index in [4.69, 9.17) is 0 Å². The highest BCUT2D eigenvalue weighted by Gasteiger charge is 2.31. The van der Waals surface area contributed by atoms with Crippen LogP contribution in [0.1, 0.15) is 37.2 Å². The molecule has 1 fully saturated rings. The number of amides is 1. The lowest BCUT2D eigenvalue weighted by Gasteiger charge is -2.39. The summed E-state index contributed by atoms with van der Waals surface area (Å²) in [5.74, 6) is -0.0920. The number of nitrogens with zero attached hydrogens (tertiary/aromatic N) is 1. The number of hydrogen-bond acceptors (Lipinski definition) is 3. The van der Waals surface area contributed by atoms with E-state index in [9.17, 15) is 4.79 Å². The molecule has 0 spiro atoms. The monoisotopic (exact) mass is 236 g/mol. The largest absolute Gasteiger partial charge is 0.349 e. The van der Waals surface area contributed by atoms with E-state index in [1.165, 1.54) is 12.8 Å². The number of nitrogens with one attached hydrogen (secondary N) is 3. The van der Waals surface area contributed by atoms with Gasteiger partial charge in [-0.25, -0.2) is 0 Å². The molecule has 3 N–H and O–H groups in total. The standard InChI is InChI=1S/C12H20N4O/c1-12(2)5-3-6-13-10(12)8-14-11(17)9-4-7-15-16-9/h4,7,10,13H,3,5-6,8H2,1-2H3,(H,14,17)(H,15,16). The van der Waals surface area contributed by atoms with Gasteiger partial charge in [0.05, 0.1) is 0 Å². The summed E-state index contributed by atoms with van der Waals surface area (Å²) in [4.78, 5) is 11.7. The molecule has 2 heterocycles. The van der Waals surface area contributed by atoms with Crippen molar-refractivity contribution in [1.82, 2.24) is 20.8 Å². The Bertz CT molecular complexity index is 372. The van der Waals surface area contributed by atoms with Crippen molar-refractivity contribution >= 4 is 5.91 Å². The van der Waals surface area contributed by atoms with Crippen molar-refractivity contribution in [2.45, 2.75) is 32.7 Å².